The average Bonchev–Trinajstić information content (AvgIpc) is 2.97. The molecule has 0 N–H and O–H groups in total. The van der Waals surface area contributed by atoms with Crippen molar-refractivity contribution in [1.29, 1.82) is 0 Å². The molecule has 0 saturated carbocycles. The van der Waals surface area contributed by atoms with E-state index < -0.39 is 43.1 Å². The molecule has 3 heteroatoms. The van der Waals surface area contributed by atoms with Crippen molar-refractivity contribution < 1.29 is 16.6 Å². The summed E-state index contributed by atoms with van der Waals surface area (Å²) in [5, 5.41) is 5.35. The molecule has 0 unspecified atom stereocenters. The molecule has 0 aromatic carbocycles. The minimum absolute atomic E-state index is 1.26. The van der Waals surface area contributed by atoms with Gasteiger partial charge in [-0.2, -0.15) is 0 Å². The van der Waals surface area contributed by atoms with Crippen LogP contribution in [-0.4, -0.2) is 26.5 Å². The molecular formula is C18H32Ge2Ti. The van der Waals surface area contributed by atoms with Gasteiger partial charge in [-0.25, -0.2) is 0 Å². The molecule has 2 aliphatic rings. The van der Waals surface area contributed by atoms with Gasteiger partial charge in [0, 0.05) is 0 Å². The summed E-state index contributed by atoms with van der Waals surface area (Å²) in [4.78, 5) is 0. The molecule has 0 aliphatic heterocycles. The van der Waals surface area contributed by atoms with Crippen molar-refractivity contribution in [1.82, 2.24) is 0 Å². The van der Waals surface area contributed by atoms with Crippen LogP contribution in [0.15, 0.2) is 40.9 Å². The van der Waals surface area contributed by atoms with E-state index in [9.17, 15) is 0 Å². The van der Waals surface area contributed by atoms with Crippen molar-refractivity contribution in [2.24, 2.45) is 0 Å². The molecule has 0 atom stereocenters. The van der Waals surface area contributed by atoms with Crippen LogP contribution in [0.4, 0.5) is 0 Å². The Morgan fingerprint density at radius 2 is 1.05 bits per heavy atom. The molecule has 0 aromatic rings. The first-order valence-electron chi connectivity index (χ1n) is 8.27. The fourth-order valence-electron chi connectivity index (χ4n) is 3.78. The fraction of sp³-hybridized carbons (Fsp3) is 0.556. The van der Waals surface area contributed by atoms with Crippen molar-refractivity contribution in [3.05, 3.63) is 40.9 Å². The number of allylic oxidation sites excluding steroid dienone is 8. The van der Waals surface area contributed by atoms with Crippen LogP contribution in [-0.2, 0) is 16.6 Å². The van der Waals surface area contributed by atoms with Gasteiger partial charge in [-0.15, -0.1) is 0 Å². The SMILES string of the molecule is [CH3][Ti]([CH3])([C]1=[C]([Ge]([CH3])([CH3])[CH3])C=CC1)[C]1=[C]([Ge]([CH3])([CH3])[CH3])C=CC1. The van der Waals surface area contributed by atoms with E-state index in [1.54, 1.807) is 0 Å². The van der Waals surface area contributed by atoms with Crippen LogP contribution in [0.1, 0.15) is 12.8 Å². The second-order valence-electron chi connectivity index (χ2n) is 9.12. The Hall–Kier alpha value is 0.760. The Balaban J connectivity index is 2.54. The maximum absolute atomic E-state index is 2.67. The van der Waals surface area contributed by atoms with Crippen molar-refractivity contribution in [2.45, 2.75) is 57.8 Å². The molecule has 116 valence electrons. The number of hydrogen-bond acceptors (Lipinski definition) is 0. The van der Waals surface area contributed by atoms with Crippen LogP contribution in [0.25, 0.3) is 0 Å². The molecule has 21 heavy (non-hydrogen) atoms. The Bertz CT molecular complexity index is 511. The van der Waals surface area contributed by atoms with Crippen LogP contribution in [0.5, 0.6) is 0 Å². The summed E-state index contributed by atoms with van der Waals surface area (Å²) in [7, 11) is 0. The topological polar surface area (TPSA) is 0 Å². The normalized spacial score (nSPS) is 20.2. The van der Waals surface area contributed by atoms with Crippen molar-refractivity contribution >= 4 is 26.5 Å². The first-order valence-corrected chi connectivity index (χ1v) is 27.6. The molecule has 0 heterocycles. The predicted octanol–water partition coefficient (Wildman–Crippen LogP) is 6.42. The maximum atomic E-state index is 2.67. The zero-order chi connectivity index (χ0) is 16.1. The van der Waals surface area contributed by atoms with Crippen LogP contribution < -0.4 is 0 Å². The molecule has 0 spiro atoms. The van der Waals surface area contributed by atoms with Gasteiger partial charge in [0.1, 0.15) is 0 Å². The van der Waals surface area contributed by atoms with E-state index in [1.807, 2.05) is 16.6 Å². The van der Waals surface area contributed by atoms with E-state index in [1.165, 1.54) is 12.8 Å². The van der Waals surface area contributed by atoms with Crippen molar-refractivity contribution in [2.75, 3.05) is 0 Å². The summed E-state index contributed by atoms with van der Waals surface area (Å²) in [6.07, 6.45) is 12.4. The van der Waals surface area contributed by atoms with Gasteiger partial charge in [0.2, 0.25) is 0 Å². The second kappa shape index (κ2) is 6.00. The summed E-state index contributed by atoms with van der Waals surface area (Å²) in [5.74, 6) is 15.4. The summed E-state index contributed by atoms with van der Waals surface area (Å²) >= 11 is -5.51. The van der Waals surface area contributed by atoms with Crippen molar-refractivity contribution in [3.63, 3.8) is 0 Å². The summed E-state index contributed by atoms with van der Waals surface area (Å²) in [6, 6.07) is 0. The van der Waals surface area contributed by atoms with E-state index >= 15 is 0 Å². The monoisotopic (exact) mass is 444 g/mol. The van der Waals surface area contributed by atoms with Gasteiger partial charge in [-0.05, 0) is 0 Å². The average molecular weight is 442 g/mol. The standard InChI is InChI=1S/2C8H13Ge.2CH3.Ti/c2*1-9(2,3)8-6-4-5-7-8;;;/h2*4,6H,5H2,1-3H3;2*1H3;. The quantitative estimate of drug-likeness (QED) is 0.442. The first kappa shape index (κ1) is 18.1. The predicted molar refractivity (Wildman–Crippen MR) is 100.0 cm³/mol. The van der Waals surface area contributed by atoms with Gasteiger partial charge in [0.05, 0.1) is 0 Å². The number of hydrogen-bond donors (Lipinski definition) is 0. The number of rotatable bonds is 4. The summed E-state index contributed by atoms with van der Waals surface area (Å²) in [6.45, 7) is 0. The van der Waals surface area contributed by atoms with Gasteiger partial charge in [0.15, 0.2) is 0 Å². The molecule has 0 radical (unpaired) electrons. The van der Waals surface area contributed by atoms with E-state index in [0.717, 1.165) is 0 Å². The zero-order valence-electron chi connectivity index (χ0n) is 15.2. The molecular weight excluding hydrogens is 409 g/mol. The molecule has 2 rings (SSSR count). The zero-order valence-corrected chi connectivity index (χ0v) is 21.0. The van der Waals surface area contributed by atoms with E-state index in [0.29, 0.717) is 0 Å². The van der Waals surface area contributed by atoms with Gasteiger partial charge >= 0.3 is 142 Å². The third kappa shape index (κ3) is 3.65. The van der Waals surface area contributed by atoms with Crippen LogP contribution in [0, 0.1) is 0 Å². The third-order valence-electron chi connectivity index (χ3n) is 4.99. The fourth-order valence-corrected chi connectivity index (χ4v) is 27.0. The van der Waals surface area contributed by atoms with E-state index in [2.05, 4.69) is 69.3 Å². The van der Waals surface area contributed by atoms with Gasteiger partial charge in [-0.1, -0.05) is 0 Å². The molecule has 0 aromatic heterocycles. The van der Waals surface area contributed by atoms with Crippen LogP contribution in [0.2, 0.25) is 45.0 Å². The van der Waals surface area contributed by atoms with Gasteiger partial charge < -0.3 is 0 Å². The van der Waals surface area contributed by atoms with Crippen LogP contribution in [0.3, 0.4) is 0 Å². The van der Waals surface area contributed by atoms with Crippen molar-refractivity contribution in [3.8, 4) is 0 Å². The molecule has 0 bridgehead atoms. The molecule has 0 fully saturated rings. The third-order valence-corrected chi connectivity index (χ3v) is 21.6. The minimum atomic E-state index is -2.05. The van der Waals surface area contributed by atoms with Crippen LogP contribution >= 0.6 is 0 Å². The first-order chi connectivity index (χ1) is 9.45. The van der Waals surface area contributed by atoms with Gasteiger partial charge in [0.25, 0.3) is 0 Å². The Kier molecular flexibility index (Phi) is 5.17. The van der Waals surface area contributed by atoms with E-state index in [4.69, 9.17) is 0 Å². The molecule has 2 aliphatic carbocycles. The van der Waals surface area contributed by atoms with Gasteiger partial charge in [-0.3, -0.25) is 0 Å². The Labute approximate surface area is 140 Å². The summed E-state index contributed by atoms with van der Waals surface area (Å²) < 4.78 is 7.51. The van der Waals surface area contributed by atoms with E-state index in [-0.39, 0.29) is 0 Å². The second-order valence-corrected chi connectivity index (χ2v) is 37.2. The molecule has 0 saturated heterocycles. The Morgan fingerprint density at radius 1 is 0.714 bits per heavy atom. The Morgan fingerprint density at radius 3 is 1.33 bits per heavy atom. The molecule has 0 amide bonds. The summed E-state index contributed by atoms with van der Waals surface area (Å²) in [5.41, 5.74) is 0. The molecule has 0 nitrogen and oxygen atoms in total.